The highest BCUT2D eigenvalue weighted by molar-refractivity contribution is 5.87. The van der Waals surface area contributed by atoms with Crippen molar-refractivity contribution >= 4 is 12.0 Å². The first-order valence-corrected chi connectivity index (χ1v) is 7.07. The van der Waals surface area contributed by atoms with Gasteiger partial charge in [0.2, 0.25) is 5.91 Å². The van der Waals surface area contributed by atoms with Gasteiger partial charge in [-0.1, -0.05) is 13.8 Å². The van der Waals surface area contributed by atoms with Crippen molar-refractivity contribution in [2.75, 3.05) is 7.11 Å². The molecule has 1 N–H and O–H groups in total. The number of hydrogen-bond donors (Lipinski definition) is 1. The van der Waals surface area contributed by atoms with Crippen LogP contribution in [-0.4, -0.2) is 41.6 Å². The summed E-state index contributed by atoms with van der Waals surface area (Å²) in [6.45, 7) is 6.05. The molecule has 2 heterocycles. The zero-order valence-electron chi connectivity index (χ0n) is 12.2. The minimum Gasteiger partial charge on any atom is -0.453 e. The average Bonchev–Trinajstić information content (AvgIpc) is 2.86. The van der Waals surface area contributed by atoms with Crippen molar-refractivity contribution < 1.29 is 14.3 Å². The minimum atomic E-state index is -0.538. The van der Waals surface area contributed by atoms with E-state index in [0.717, 1.165) is 25.7 Å². The summed E-state index contributed by atoms with van der Waals surface area (Å²) in [6, 6.07) is -0.135. The fourth-order valence-corrected chi connectivity index (χ4v) is 3.46. The van der Waals surface area contributed by atoms with Crippen LogP contribution in [0.25, 0.3) is 0 Å². The summed E-state index contributed by atoms with van der Waals surface area (Å²) in [5, 5.41) is 2.68. The van der Waals surface area contributed by atoms with E-state index in [1.165, 1.54) is 7.11 Å². The number of ether oxygens (including phenoxy) is 1. The van der Waals surface area contributed by atoms with Gasteiger partial charge in [-0.2, -0.15) is 0 Å². The number of nitrogens with one attached hydrogen (secondary N) is 1. The van der Waals surface area contributed by atoms with Crippen molar-refractivity contribution in [3.8, 4) is 0 Å². The topological polar surface area (TPSA) is 58.6 Å². The molecule has 0 spiro atoms. The van der Waals surface area contributed by atoms with Gasteiger partial charge in [0, 0.05) is 11.6 Å². The Balaban J connectivity index is 2.14. The number of fused-ring (bicyclic) bond motifs is 2. The van der Waals surface area contributed by atoms with Crippen LogP contribution in [-0.2, 0) is 9.53 Å². The number of alkyl carbamates (subject to hydrolysis) is 1. The van der Waals surface area contributed by atoms with Gasteiger partial charge in [-0.15, -0.1) is 0 Å². The summed E-state index contributed by atoms with van der Waals surface area (Å²) in [6.07, 6.45) is 3.79. The smallest absolute Gasteiger partial charge is 0.407 e. The second-order valence-electron chi connectivity index (χ2n) is 6.29. The molecule has 1 atom stereocenters. The predicted molar refractivity (Wildman–Crippen MR) is 71.7 cm³/mol. The number of nitrogens with zero attached hydrogens (tertiary/aromatic N) is 1. The molecule has 0 saturated carbocycles. The highest BCUT2D eigenvalue weighted by Crippen LogP contribution is 2.46. The molecule has 2 fully saturated rings. The van der Waals surface area contributed by atoms with Crippen molar-refractivity contribution in [2.45, 2.75) is 64.1 Å². The Morgan fingerprint density at radius 3 is 2.26 bits per heavy atom. The Hall–Kier alpha value is -1.26. The molecule has 0 aromatic rings. The van der Waals surface area contributed by atoms with Gasteiger partial charge in [0.25, 0.3) is 0 Å². The number of methoxy groups -OCH3 is 1. The quantitative estimate of drug-likeness (QED) is 0.850. The molecule has 5 heteroatoms. The zero-order valence-corrected chi connectivity index (χ0v) is 12.2. The van der Waals surface area contributed by atoms with E-state index >= 15 is 0 Å². The monoisotopic (exact) mass is 268 g/mol. The van der Waals surface area contributed by atoms with E-state index in [0.29, 0.717) is 6.04 Å². The normalized spacial score (nSPS) is 30.6. The van der Waals surface area contributed by atoms with E-state index in [-0.39, 0.29) is 17.4 Å². The van der Waals surface area contributed by atoms with E-state index in [1.807, 2.05) is 18.7 Å². The molecule has 108 valence electrons. The first-order chi connectivity index (χ1) is 8.89. The molecule has 5 nitrogen and oxygen atoms in total. The summed E-state index contributed by atoms with van der Waals surface area (Å²) < 4.78 is 4.62. The van der Waals surface area contributed by atoms with Crippen LogP contribution in [0.3, 0.4) is 0 Å². The van der Waals surface area contributed by atoms with Gasteiger partial charge >= 0.3 is 6.09 Å². The number of rotatable bonds is 3. The number of amides is 2. The molecule has 0 radical (unpaired) electrons. The average molecular weight is 268 g/mol. The minimum absolute atomic E-state index is 0.00725. The molecule has 0 aliphatic carbocycles. The fraction of sp³-hybridized carbons (Fsp3) is 0.857. The van der Waals surface area contributed by atoms with Crippen molar-refractivity contribution in [3.05, 3.63) is 0 Å². The summed E-state index contributed by atoms with van der Waals surface area (Å²) in [5.74, 6) is 0.0955. The van der Waals surface area contributed by atoms with Crippen LogP contribution < -0.4 is 5.32 Å². The van der Waals surface area contributed by atoms with Gasteiger partial charge in [0.15, 0.2) is 0 Å². The second kappa shape index (κ2) is 5.02. The zero-order chi connectivity index (χ0) is 14.2. The number of hydrogen-bond acceptors (Lipinski definition) is 3. The van der Waals surface area contributed by atoms with Crippen molar-refractivity contribution in [1.29, 1.82) is 0 Å². The molecule has 1 unspecified atom stereocenters. The largest absolute Gasteiger partial charge is 0.453 e. The van der Waals surface area contributed by atoms with Crippen LogP contribution >= 0.6 is 0 Å². The van der Waals surface area contributed by atoms with Crippen LogP contribution in [0.1, 0.15) is 46.5 Å². The van der Waals surface area contributed by atoms with E-state index in [4.69, 9.17) is 0 Å². The van der Waals surface area contributed by atoms with E-state index in [1.54, 1.807) is 0 Å². The SMILES string of the molecule is COC(=O)NC(C(=O)N1C2CCC1(C)CC2)C(C)C. The molecule has 2 saturated heterocycles. The molecule has 19 heavy (non-hydrogen) atoms. The molecular formula is C14H24N2O3. The van der Waals surface area contributed by atoms with Crippen molar-refractivity contribution in [3.63, 3.8) is 0 Å². The molecule has 0 aromatic heterocycles. The Morgan fingerprint density at radius 2 is 1.89 bits per heavy atom. The molecule has 2 aliphatic heterocycles. The lowest BCUT2D eigenvalue weighted by Gasteiger charge is -2.35. The fourth-order valence-electron chi connectivity index (χ4n) is 3.46. The molecule has 2 amide bonds. The number of carbonyl (C=O) groups is 2. The van der Waals surface area contributed by atoms with Crippen molar-refractivity contribution in [1.82, 2.24) is 10.2 Å². The van der Waals surface area contributed by atoms with E-state index in [9.17, 15) is 9.59 Å². The molecule has 2 aliphatic rings. The van der Waals surface area contributed by atoms with Crippen LogP contribution in [0, 0.1) is 5.92 Å². The first kappa shape index (κ1) is 14.2. The molecular weight excluding hydrogens is 244 g/mol. The third kappa shape index (κ3) is 2.42. The maximum Gasteiger partial charge on any atom is 0.407 e. The lowest BCUT2D eigenvalue weighted by molar-refractivity contribution is -0.138. The maximum atomic E-state index is 12.8. The third-order valence-corrected chi connectivity index (χ3v) is 4.61. The van der Waals surface area contributed by atoms with Gasteiger partial charge < -0.3 is 15.0 Å². The lowest BCUT2D eigenvalue weighted by Crippen LogP contribution is -2.55. The Labute approximate surface area is 114 Å². The van der Waals surface area contributed by atoms with Gasteiger partial charge in [0.1, 0.15) is 6.04 Å². The Bertz CT molecular complexity index is 373. The molecule has 0 aromatic carbocycles. The highest BCUT2D eigenvalue weighted by Gasteiger charge is 2.52. The van der Waals surface area contributed by atoms with Gasteiger partial charge in [0.05, 0.1) is 7.11 Å². The van der Waals surface area contributed by atoms with Crippen LogP contribution in [0.15, 0.2) is 0 Å². The van der Waals surface area contributed by atoms with Gasteiger partial charge in [-0.25, -0.2) is 4.79 Å². The van der Waals surface area contributed by atoms with Crippen LogP contribution in [0.2, 0.25) is 0 Å². The van der Waals surface area contributed by atoms with E-state index < -0.39 is 12.1 Å². The van der Waals surface area contributed by atoms with Gasteiger partial charge in [-0.3, -0.25) is 4.79 Å². The summed E-state index contributed by atoms with van der Waals surface area (Å²) in [7, 11) is 1.32. The Morgan fingerprint density at radius 1 is 1.32 bits per heavy atom. The summed E-state index contributed by atoms with van der Waals surface area (Å²) in [5.41, 5.74) is -0.00725. The van der Waals surface area contributed by atoms with Crippen LogP contribution in [0.4, 0.5) is 4.79 Å². The standard InChI is InChI=1S/C14H24N2O3/c1-9(2)11(15-13(18)19-4)12(17)16-10-5-7-14(16,3)8-6-10/h9-11H,5-8H2,1-4H3,(H,15,18). The lowest BCUT2D eigenvalue weighted by atomic mass is 9.89. The summed E-state index contributed by atoms with van der Waals surface area (Å²) in [4.78, 5) is 26.2. The first-order valence-electron chi connectivity index (χ1n) is 7.07. The van der Waals surface area contributed by atoms with Gasteiger partial charge in [-0.05, 0) is 38.5 Å². The molecule has 2 bridgehead atoms. The second-order valence-corrected chi connectivity index (χ2v) is 6.29. The maximum absolute atomic E-state index is 12.8. The van der Waals surface area contributed by atoms with E-state index in [2.05, 4.69) is 17.0 Å². The number of carbonyl (C=O) groups excluding carboxylic acids is 2. The molecule has 2 rings (SSSR count). The predicted octanol–water partition coefficient (Wildman–Crippen LogP) is 1.91. The van der Waals surface area contributed by atoms with Crippen molar-refractivity contribution in [2.24, 2.45) is 5.92 Å². The highest BCUT2D eigenvalue weighted by atomic mass is 16.5. The van der Waals surface area contributed by atoms with Crippen LogP contribution in [0.5, 0.6) is 0 Å². The summed E-state index contributed by atoms with van der Waals surface area (Å²) >= 11 is 0. The third-order valence-electron chi connectivity index (χ3n) is 4.61. The Kier molecular flexibility index (Phi) is 3.74.